The maximum absolute atomic E-state index is 6.00. The van der Waals surface area contributed by atoms with Crippen LogP contribution in [-0.4, -0.2) is 12.6 Å². The van der Waals surface area contributed by atoms with Crippen LogP contribution in [0.15, 0.2) is 28.7 Å². The van der Waals surface area contributed by atoms with E-state index in [0.29, 0.717) is 5.92 Å². The van der Waals surface area contributed by atoms with Gasteiger partial charge < -0.3 is 10.5 Å². The summed E-state index contributed by atoms with van der Waals surface area (Å²) in [7, 11) is 0. The molecule has 0 aliphatic carbocycles. The van der Waals surface area contributed by atoms with Gasteiger partial charge in [-0.05, 0) is 37.0 Å². The van der Waals surface area contributed by atoms with E-state index in [4.69, 9.17) is 10.5 Å². The van der Waals surface area contributed by atoms with Crippen LogP contribution in [0, 0.1) is 5.92 Å². The van der Waals surface area contributed by atoms with Crippen LogP contribution < -0.4 is 5.73 Å². The molecule has 0 bridgehead atoms. The van der Waals surface area contributed by atoms with E-state index in [1.54, 1.807) is 0 Å². The van der Waals surface area contributed by atoms with Crippen molar-refractivity contribution in [3.05, 3.63) is 34.3 Å². The highest BCUT2D eigenvalue weighted by molar-refractivity contribution is 9.10. The number of halogens is 1. The quantitative estimate of drug-likeness (QED) is 0.864. The minimum atomic E-state index is -0.0220. The normalized spacial score (nSPS) is 14.9. The van der Waals surface area contributed by atoms with Crippen LogP contribution in [0.5, 0.6) is 0 Å². The number of hydrogen-bond acceptors (Lipinski definition) is 2. The molecule has 17 heavy (non-hydrogen) atoms. The molecule has 0 spiro atoms. The molecule has 2 atom stereocenters. The Morgan fingerprint density at radius 2 is 2.00 bits per heavy atom. The first-order valence-electron chi connectivity index (χ1n) is 6.13. The number of ether oxygens (including phenoxy) is 1. The molecule has 0 aliphatic rings. The zero-order valence-electron chi connectivity index (χ0n) is 10.8. The smallest absolute Gasteiger partial charge is 0.0973 e. The van der Waals surface area contributed by atoms with E-state index in [-0.39, 0.29) is 12.1 Å². The van der Waals surface area contributed by atoms with Crippen molar-refractivity contribution >= 4 is 15.9 Å². The Labute approximate surface area is 113 Å². The summed E-state index contributed by atoms with van der Waals surface area (Å²) in [5.74, 6) is 0.659. The summed E-state index contributed by atoms with van der Waals surface area (Å²) in [4.78, 5) is 0. The Hall–Kier alpha value is -0.380. The second-order valence-electron chi connectivity index (χ2n) is 4.89. The molecule has 1 rings (SSSR count). The summed E-state index contributed by atoms with van der Waals surface area (Å²) in [6, 6.07) is 8.16. The lowest BCUT2D eigenvalue weighted by Crippen LogP contribution is -2.27. The predicted octanol–water partition coefficient (Wildman–Crippen LogP) is 3.90. The SMILES string of the molecule is CC(C)CCOC(c1cccc(Br)c1)C(C)N. The van der Waals surface area contributed by atoms with E-state index < -0.39 is 0 Å². The van der Waals surface area contributed by atoms with Gasteiger partial charge in [0.2, 0.25) is 0 Å². The maximum atomic E-state index is 6.00. The second-order valence-corrected chi connectivity index (χ2v) is 5.80. The van der Waals surface area contributed by atoms with Gasteiger partial charge in [-0.1, -0.05) is 41.9 Å². The molecule has 0 amide bonds. The first kappa shape index (κ1) is 14.7. The fraction of sp³-hybridized carbons (Fsp3) is 0.571. The Morgan fingerprint density at radius 3 is 2.53 bits per heavy atom. The summed E-state index contributed by atoms with van der Waals surface area (Å²) < 4.78 is 6.97. The summed E-state index contributed by atoms with van der Waals surface area (Å²) in [6.07, 6.45) is 1.04. The third-order valence-corrected chi connectivity index (χ3v) is 3.14. The first-order chi connectivity index (χ1) is 8.00. The Kier molecular flexibility index (Phi) is 6.17. The minimum absolute atomic E-state index is 0.00328. The summed E-state index contributed by atoms with van der Waals surface area (Å²) in [5.41, 5.74) is 7.13. The van der Waals surface area contributed by atoms with Gasteiger partial charge >= 0.3 is 0 Å². The highest BCUT2D eigenvalue weighted by Crippen LogP contribution is 2.24. The third-order valence-electron chi connectivity index (χ3n) is 2.65. The number of rotatable bonds is 6. The Balaban J connectivity index is 2.66. The van der Waals surface area contributed by atoms with Crippen molar-refractivity contribution in [2.45, 2.75) is 39.3 Å². The highest BCUT2D eigenvalue weighted by atomic mass is 79.9. The van der Waals surface area contributed by atoms with Crippen molar-refractivity contribution in [1.82, 2.24) is 0 Å². The first-order valence-corrected chi connectivity index (χ1v) is 6.92. The van der Waals surface area contributed by atoms with Crippen molar-refractivity contribution in [2.24, 2.45) is 11.7 Å². The average Bonchev–Trinajstić information content (AvgIpc) is 2.23. The van der Waals surface area contributed by atoms with Crippen molar-refractivity contribution in [1.29, 1.82) is 0 Å². The third kappa shape index (κ3) is 5.19. The van der Waals surface area contributed by atoms with Crippen molar-refractivity contribution in [3.8, 4) is 0 Å². The fourth-order valence-corrected chi connectivity index (χ4v) is 2.08. The Morgan fingerprint density at radius 1 is 1.29 bits per heavy atom. The summed E-state index contributed by atoms with van der Waals surface area (Å²) in [5, 5.41) is 0. The molecule has 0 saturated carbocycles. The lowest BCUT2D eigenvalue weighted by atomic mass is 10.0. The molecule has 0 fully saturated rings. The zero-order valence-corrected chi connectivity index (χ0v) is 12.4. The molecular weight excluding hydrogens is 278 g/mol. The average molecular weight is 300 g/mol. The van der Waals surface area contributed by atoms with Gasteiger partial charge in [-0.25, -0.2) is 0 Å². The van der Waals surface area contributed by atoms with Gasteiger partial charge in [-0.3, -0.25) is 0 Å². The van der Waals surface area contributed by atoms with Gasteiger partial charge in [-0.15, -0.1) is 0 Å². The van der Waals surface area contributed by atoms with Gasteiger partial charge in [0.25, 0.3) is 0 Å². The summed E-state index contributed by atoms with van der Waals surface area (Å²) >= 11 is 3.47. The van der Waals surface area contributed by atoms with Gasteiger partial charge in [0.1, 0.15) is 0 Å². The molecular formula is C14H22BrNO. The van der Waals surface area contributed by atoms with Crippen LogP contribution in [0.1, 0.15) is 38.9 Å². The van der Waals surface area contributed by atoms with Gasteiger partial charge in [0.15, 0.2) is 0 Å². The van der Waals surface area contributed by atoms with Crippen LogP contribution in [0.4, 0.5) is 0 Å². The van der Waals surface area contributed by atoms with Crippen molar-refractivity contribution < 1.29 is 4.74 Å². The van der Waals surface area contributed by atoms with Gasteiger partial charge in [0, 0.05) is 17.1 Å². The van der Waals surface area contributed by atoms with Gasteiger partial charge in [-0.2, -0.15) is 0 Å². The van der Waals surface area contributed by atoms with E-state index in [1.165, 1.54) is 0 Å². The lowest BCUT2D eigenvalue weighted by Gasteiger charge is -2.22. The fourth-order valence-electron chi connectivity index (χ4n) is 1.67. The molecule has 96 valence electrons. The minimum Gasteiger partial charge on any atom is -0.372 e. The summed E-state index contributed by atoms with van der Waals surface area (Å²) in [6.45, 7) is 7.14. The van der Waals surface area contributed by atoms with Crippen LogP contribution in [-0.2, 0) is 4.74 Å². The molecule has 0 radical (unpaired) electrons. The lowest BCUT2D eigenvalue weighted by molar-refractivity contribution is 0.0321. The van der Waals surface area contributed by atoms with Gasteiger partial charge in [0.05, 0.1) is 6.10 Å². The monoisotopic (exact) mass is 299 g/mol. The van der Waals surface area contributed by atoms with Crippen molar-refractivity contribution in [2.75, 3.05) is 6.61 Å². The standard InChI is InChI=1S/C14H22BrNO/c1-10(2)7-8-17-14(11(3)16)12-5-4-6-13(15)9-12/h4-6,9-11,14H,7-8,16H2,1-3H3. The molecule has 2 unspecified atom stereocenters. The molecule has 2 nitrogen and oxygen atoms in total. The van der Waals surface area contributed by atoms with E-state index in [0.717, 1.165) is 23.1 Å². The van der Waals surface area contributed by atoms with Crippen LogP contribution in [0.2, 0.25) is 0 Å². The van der Waals surface area contributed by atoms with E-state index in [2.05, 4.69) is 41.9 Å². The highest BCUT2D eigenvalue weighted by Gasteiger charge is 2.17. The molecule has 3 heteroatoms. The molecule has 1 aromatic rings. The molecule has 0 aromatic heterocycles. The molecule has 2 N–H and O–H groups in total. The maximum Gasteiger partial charge on any atom is 0.0973 e. The molecule has 0 aliphatic heterocycles. The Bertz CT molecular complexity index is 339. The number of nitrogens with two attached hydrogens (primary N) is 1. The topological polar surface area (TPSA) is 35.2 Å². The van der Waals surface area contributed by atoms with Crippen LogP contribution in [0.25, 0.3) is 0 Å². The second kappa shape index (κ2) is 7.14. The van der Waals surface area contributed by atoms with E-state index >= 15 is 0 Å². The van der Waals surface area contributed by atoms with E-state index in [1.807, 2.05) is 19.1 Å². The molecule has 0 heterocycles. The van der Waals surface area contributed by atoms with Crippen molar-refractivity contribution in [3.63, 3.8) is 0 Å². The van der Waals surface area contributed by atoms with E-state index in [9.17, 15) is 0 Å². The van der Waals surface area contributed by atoms with Crippen LogP contribution in [0.3, 0.4) is 0 Å². The number of benzene rings is 1. The number of hydrogen-bond donors (Lipinski definition) is 1. The van der Waals surface area contributed by atoms with Crippen LogP contribution >= 0.6 is 15.9 Å². The largest absolute Gasteiger partial charge is 0.372 e. The zero-order chi connectivity index (χ0) is 12.8. The molecule has 0 saturated heterocycles. The molecule has 1 aromatic carbocycles. The predicted molar refractivity (Wildman–Crippen MR) is 75.9 cm³/mol.